The normalized spacial score (nSPS) is 9.72. The van der Waals surface area contributed by atoms with Crippen LogP contribution in [0.4, 0.5) is 5.69 Å². The van der Waals surface area contributed by atoms with Crippen LogP contribution in [0.5, 0.6) is 0 Å². The van der Waals surface area contributed by atoms with Crippen molar-refractivity contribution in [2.45, 2.75) is 12.8 Å². The van der Waals surface area contributed by atoms with Crippen LogP contribution in [0.2, 0.25) is 0 Å². The van der Waals surface area contributed by atoms with E-state index in [2.05, 4.69) is 15.3 Å². The summed E-state index contributed by atoms with van der Waals surface area (Å²) >= 11 is 0. The van der Waals surface area contributed by atoms with Gasteiger partial charge >= 0.3 is 0 Å². The molecule has 0 atom stereocenters. The average Bonchev–Trinajstić information content (AvgIpc) is 2.90. The molecule has 1 aromatic carbocycles. The summed E-state index contributed by atoms with van der Waals surface area (Å²) in [7, 11) is 0. The number of H-pyrrole nitrogens is 1. The number of imidazole rings is 1. The van der Waals surface area contributed by atoms with Crippen molar-refractivity contribution in [2.75, 3.05) is 5.32 Å². The van der Waals surface area contributed by atoms with Crippen LogP contribution in [0.3, 0.4) is 0 Å². The third kappa shape index (κ3) is 2.95. The summed E-state index contributed by atoms with van der Waals surface area (Å²) in [5.41, 5.74) is 1.93. The van der Waals surface area contributed by atoms with E-state index in [0.29, 0.717) is 24.1 Å². The maximum atomic E-state index is 11.7. The molecule has 0 aliphatic rings. The van der Waals surface area contributed by atoms with Crippen molar-refractivity contribution < 1.29 is 4.79 Å². The minimum atomic E-state index is -0.118. The number of benzene rings is 1. The second-order valence-electron chi connectivity index (χ2n) is 3.78. The van der Waals surface area contributed by atoms with Crippen molar-refractivity contribution in [1.82, 2.24) is 9.97 Å². The van der Waals surface area contributed by atoms with Gasteiger partial charge in [0.05, 0.1) is 17.6 Å². The summed E-state index contributed by atoms with van der Waals surface area (Å²) in [6.07, 6.45) is 4.22. The quantitative estimate of drug-likeness (QED) is 0.855. The van der Waals surface area contributed by atoms with Crippen LogP contribution in [0.1, 0.15) is 17.7 Å². The first-order chi connectivity index (χ1) is 8.79. The van der Waals surface area contributed by atoms with E-state index in [4.69, 9.17) is 5.26 Å². The third-order valence-electron chi connectivity index (χ3n) is 2.50. The summed E-state index contributed by atoms with van der Waals surface area (Å²) in [5.74, 6) is -0.118. The van der Waals surface area contributed by atoms with E-state index in [-0.39, 0.29) is 5.91 Å². The number of amides is 1. The van der Waals surface area contributed by atoms with Gasteiger partial charge in [-0.15, -0.1) is 0 Å². The maximum Gasteiger partial charge on any atom is 0.224 e. The Morgan fingerprint density at radius 3 is 3.00 bits per heavy atom. The van der Waals surface area contributed by atoms with Crippen molar-refractivity contribution in [3.05, 3.63) is 48.0 Å². The van der Waals surface area contributed by atoms with Crippen molar-refractivity contribution in [3.8, 4) is 6.07 Å². The highest BCUT2D eigenvalue weighted by atomic mass is 16.1. The van der Waals surface area contributed by atoms with E-state index in [1.54, 1.807) is 36.8 Å². The third-order valence-corrected chi connectivity index (χ3v) is 2.50. The highest BCUT2D eigenvalue weighted by Gasteiger charge is 2.06. The SMILES string of the molecule is N#Cc1ccccc1NC(=O)CCc1cnc[nH]1. The number of para-hydroxylation sites is 1. The highest BCUT2D eigenvalue weighted by molar-refractivity contribution is 5.92. The predicted molar refractivity (Wildman–Crippen MR) is 66.7 cm³/mol. The van der Waals surface area contributed by atoms with Gasteiger partial charge in [0.1, 0.15) is 6.07 Å². The van der Waals surface area contributed by atoms with E-state index in [1.807, 2.05) is 6.07 Å². The fourth-order valence-corrected chi connectivity index (χ4v) is 1.57. The molecule has 0 unspecified atom stereocenters. The number of carbonyl (C=O) groups is 1. The number of nitrogens with one attached hydrogen (secondary N) is 2. The van der Waals surface area contributed by atoms with Gasteiger partial charge in [0.2, 0.25) is 5.91 Å². The molecule has 0 aliphatic carbocycles. The first-order valence-electron chi connectivity index (χ1n) is 5.56. The molecular weight excluding hydrogens is 228 g/mol. The van der Waals surface area contributed by atoms with Crippen molar-refractivity contribution in [3.63, 3.8) is 0 Å². The average molecular weight is 240 g/mol. The van der Waals surface area contributed by atoms with Gasteiger partial charge in [0.15, 0.2) is 0 Å². The smallest absolute Gasteiger partial charge is 0.224 e. The zero-order chi connectivity index (χ0) is 12.8. The zero-order valence-electron chi connectivity index (χ0n) is 9.68. The fraction of sp³-hybridized carbons (Fsp3) is 0.154. The van der Waals surface area contributed by atoms with E-state index >= 15 is 0 Å². The van der Waals surface area contributed by atoms with Crippen LogP contribution in [0.25, 0.3) is 0 Å². The number of anilines is 1. The van der Waals surface area contributed by atoms with Crippen LogP contribution in [0, 0.1) is 11.3 Å². The molecule has 2 N–H and O–H groups in total. The summed E-state index contributed by atoms with van der Waals surface area (Å²) in [6.45, 7) is 0. The molecule has 0 saturated heterocycles. The van der Waals surface area contributed by atoms with Gasteiger partial charge in [-0.3, -0.25) is 4.79 Å². The molecule has 0 fully saturated rings. The monoisotopic (exact) mass is 240 g/mol. The van der Waals surface area contributed by atoms with Gasteiger partial charge < -0.3 is 10.3 Å². The van der Waals surface area contributed by atoms with Crippen LogP contribution < -0.4 is 5.32 Å². The minimum Gasteiger partial charge on any atom is -0.348 e. The molecule has 5 nitrogen and oxygen atoms in total. The number of hydrogen-bond donors (Lipinski definition) is 2. The number of nitrogens with zero attached hydrogens (tertiary/aromatic N) is 2. The molecular formula is C13H12N4O. The van der Waals surface area contributed by atoms with E-state index in [0.717, 1.165) is 5.69 Å². The minimum absolute atomic E-state index is 0.118. The van der Waals surface area contributed by atoms with E-state index in [9.17, 15) is 4.79 Å². The Morgan fingerprint density at radius 1 is 1.44 bits per heavy atom. The van der Waals surface area contributed by atoms with E-state index in [1.165, 1.54) is 0 Å². The Morgan fingerprint density at radius 2 is 2.28 bits per heavy atom. The molecule has 2 rings (SSSR count). The summed E-state index contributed by atoms with van der Waals surface area (Å²) < 4.78 is 0. The Labute approximate surface area is 104 Å². The lowest BCUT2D eigenvalue weighted by atomic mass is 10.2. The number of hydrogen-bond acceptors (Lipinski definition) is 3. The lowest BCUT2D eigenvalue weighted by Gasteiger charge is -2.05. The van der Waals surface area contributed by atoms with Crippen LogP contribution in [0.15, 0.2) is 36.8 Å². The molecule has 0 aliphatic heterocycles. The standard InChI is InChI=1S/C13H12N4O/c14-7-10-3-1-2-4-12(10)17-13(18)6-5-11-8-15-9-16-11/h1-4,8-9H,5-6H2,(H,15,16)(H,17,18). The van der Waals surface area contributed by atoms with Crippen molar-refractivity contribution in [1.29, 1.82) is 5.26 Å². The largest absolute Gasteiger partial charge is 0.348 e. The predicted octanol–water partition coefficient (Wildman–Crippen LogP) is 1.85. The molecule has 5 heteroatoms. The fourth-order valence-electron chi connectivity index (χ4n) is 1.57. The molecule has 1 amide bonds. The van der Waals surface area contributed by atoms with Gasteiger partial charge in [-0.1, -0.05) is 12.1 Å². The number of carbonyl (C=O) groups excluding carboxylic acids is 1. The van der Waals surface area contributed by atoms with Gasteiger partial charge in [0.25, 0.3) is 0 Å². The van der Waals surface area contributed by atoms with Gasteiger partial charge in [0, 0.05) is 18.3 Å². The lowest BCUT2D eigenvalue weighted by molar-refractivity contribution is -0.116. The second kappa shape index (κ2) is 5.64. The van der Waals surface area contributed by atoms with Crippen LogP contribution in [-0.2, 0) is 11.2 Å². The van der Waals surface area contributed by atoms with Crippen LogP contribution >= 0.6 is 0 Å². The molecule has 1 heterocycles. The maximum absolute atomic E-state index is 11.7. The molecule has 0 bridgehead atoms. The number of aromatic nitrogens is 2. The number of nitriles is 1. The van der Waals surface area contributed by atoms with Crippen molar-refractivity contribution >= 4 is 11.6 Å². The summed E-state index contributed by atoms with van der Waals surface area (Å²) in [6, 6.07) is 8.97. The Balaban J connectivity index is 1.93. The van der Waals surface area contributed by atoms with E-state index < -0.39 is 0 Å². The molecule has 1 aromatic heterocycles. The molecule has 0 radical (unpaired) electrons. The topological polar surface area (TPSA) is 81.6 Å². The highest BCUT2D eigenvalue weighted by Crippen LogP contribution is 2.13. The number of aryl methyl sites for hydroxylation is 1. The Bertz CT molecular complexity index is 569. The lowest BCUT2D eigenvalue weighted by Crippen LogP contribution is -2.13. The van der Waals surface area contributed by atoms with Crippen LogP contribution in [-0.4, -0.2) is 15.9 Å². The molecule has 90 valence electrons. The molecule has 0 spiro atoms. The first-order valence-corrected chi connectivity index (χ1v) is 5.56. The summed E-state index contributed by atoms with van der Waals surface area (Å²) in [4.78, 5) is 18.5. The zero-order valence-corrected chi connectivity index (χ0v) is 9.68. The Hall–Kier alpha value is -2.61. The van der Waals surface area contributed by atoms with Gasteiger partial charge in [-0.05, 0) is 18.6 Å². The first kappa shape index (κ1) is 11.9. The van der Waals surface area contributed by atoms with Crippen molar-refractivity contribution in [2.24, 2.45) is 0 Å². The molecule has 18 heavy (non-hydrogen) atoms. The second-order valence-corrected chi connectivity index (χ2v) is 3.78. The number of aromatic amines is 1. The van der Waals surface area contributed by atoms with Gasteiger partial charge in [-0.25, -0.2) is 4.98 Å². The molecule has 0 saturated carbocycles. The van der Waals surface area contributed by atoms with Gasteiger partial charge in [-0.2, -0.15) is 5.26 Å². The Kier molecular flexibility index (Phi) is 3.72. The molecule has 2 aromatic rings. The summed E-state index contributed by atoms with van der Waals surface area (Å²) in [5, 5.41) is 11.6. The number of rotatable bonds is 4.